The van der Waals surface area contributed by atoms with Crippen LogP contribution < -0.4 is 5.32 Å². The number of carbonyl (C=O) groups is 1. The third kappa shape index (κ3) is 3.98. The van der Waals surface area contributed by atoms with Crippen LogP contribution in [0.2, 0.25) is 0 Å². The highest BCUT2D eigenvalue weighted by Crippen LogP contribution is 2.16. The van der Waals surface area contributed by atoms with E-state index in [9.17, 15) is 17.6 Å². The third-order valence-corrected chi connectivity index (χ3v) is 5.44. The smallest absolute Gasteiger partial charge is 0.251 e. The van der Waals surface area contributed by atoms with E-state index >= 15 is 0 Å². The monoisotopic (exact) mass is 350 g/mol. The second-order valence-electron chi connectivity index (χ2n) is 5.56. The molecule has 0 aromatic heterocycles. The Hall–Kier alpha value is -2.25. The molecule has 1 N–H and O–H groups in total. The number of amides is 1. The largest absolute Gasteiger partial charge is 0.346 e. The molecule has 0 saturated heterocycles. The van der Waals surface area contributed by atoms with Gasteiger partial charge in [-0.05, 0) is 48.9 Å². The van der Waals surface area contributed by atoms with Crippen LogP contribution in [0.5, 0.6) is 0 Å². The molecule has 0 aliphatic carbocycles. The Bertz CT molecular complexity index is 816. The highest BCUT2D eigenvalue weighted by atomic mass is 32.2. The van der Waals surface area contributed by atoms with Gasteiger partial charge in [0, 0.05) is 19.7 Å². The van der Waals surface area contributed by atoms with Gasteiger partial charge in [-0.15, -0.1) is 0 Å². The Labute approximate surface area is 141 Å². The molecule has 1 amide bonds. The zero-order valence-corrected chi connectivity index (χ0v) is 14.5. The summed E-state index contributed by atoms with van der Waals surface area (Å²) >= 11 is 0. The SMILES string of the molecule is C[C@@H](NC(=O)c1ccc(S(=O)(=O)N(C)C)cc1)c1ccc(F)cc1. The Kier molecular flexibility index (Phi) is 5.36. The van der Waals surface area contributed by atoms with Gasteiger partial charge in [-0.2, -0.15) is 0 Å². The van der Waals surface area contributed by atoms with Crippen LogP contribution in [0.15, 0.2) is 53.4 Å². The summed E-state index contributed by atoms with van der Waals surface area (Å²) in [7, 11) is -0.634. The standard InChI is InChI=1S/C17H19FN2O3S/c1-12(13-4-8-15(18)9-5-13)19-17(21)14-6-10-16(11-7-14)24(22,23)20(2)3/h4-12H,1-3H3,(H,19,21)/t12-/m1/s1. The first-order valence-electron chi connectivity index (χ1n) is 7.31. The van der Waals surface area contributed by atoms with Gasteiger partial charge >= 0.3 is 0 Å². The summed E-state index contributed by atoms with van der Waals surface area (Å²) in [4.78, 5) is 12.4. The van der Waals surface area contributed by atoms with Crippen molar-refractivity contribution in [3.05, 3.63) is 65.5 Å². The fourth-order valence-corrected chi connectivity index (χ4v) is 3.01. The van der Waals surface area contributed by atoms with Crippen molar-refractivity contribution >= 4 is 15.9 Å². The molecule has 0 unspecified atom stereocenters. The van der Waals surface area contributed by atoms with Crippen LogP contribution in [0.4, 0.5) is 4.39 Å². The van der Waals surface area contributed by atoms with Crippen molar-refractivity contribution in [1.82, 2.24) is 9.62 Å². The van der Waals surface area contributed by atoms with E-state index < -0.39 is 10.0 Å². The maximum Gasteiger partial charge on any atom is 0.251 e. The maximum absolute atomic E-state index is 12.9. The third-order valence-electron chi connectivity index (χ3n) is 3.61. The number of hydrogen-bond acceptors (Lipinski definition) is 3. The van der Waals surface area contributed by atoms with Gasteiger partial charge < -0.3 is 5.32 Å². The zero-order valence-electron chi connectivity index (χ0n) is 13.7. The second-order valence-corrected chi connectivity index (χ2v) is 7.71. The molecule has 5 nitrogen and oxygen atoms in total. The topological polar surface area (TPSA) is 66.5 Å². The minimum atomic E-state index is -3.52. The van der Waals surface area contributed by atoms with Crippen molar-refractivity contribution in [2.75, 3.05) is 14.1 Å². The summed E-state index contributed by atoms with van der Waals surface area (Å²) < 4.78 is 38.0. The van der Waals surface area contributed by atoms with E-state index in [0.717, 1.165) is 9.87 Å². The van der Waals surface area contributed by atoms with E-state index in [4.69, 9.17) is 0 Å². The fraction of sp³-hybridized carbons (Fsp3) is 0.235. The lowest BCUT2D eigenvalue weighted by atomic mass is 10.1. The van der Waals surface area contributed by atoms with E-state index in [1.165, 1.54) is 50.5 Å². The molecule has 7 heteroatoms. The molecular weight excluding hydrogens is 331 g/mol. The minimum Gasteiger partial charge on any atom is -0.346 e. The van der Waals surface area contributed by atoms with Gasteiger partial charge in [0.15, 0.2) is 0 Å². The van der Waals surface area contributed by atoms with E-state index in [1.807, 2.05) is 0 Å². The Morgan fingerprint density at radius 2 is 1.58 bits per heavy atom. The van der Waals surface area contributed by atoms with Gasteiger partial charge in [0.1, 0.15) is 5.82 Å². The number of rotatable bonds is 5. The predicted octanol–water partition coefficient (Wildman–Crippen LogP) is 2.57. The highest BCUT2D eigenvalue weighted by Gasteiger charge is 2.18. The first-order valence-corrected chi connectivity index (χ1v) is 8.75. The fourth-order valence-electron chi connectivity index (χ4n) is 2.10. The van der Waals surface area contributed by atoms with Gasteiger partial charge in [0.2, 0.25) is 10.0 Å². The van der Waals surface area contributed by atoms with Gasteiger partial charge in [-0.3, -0.25) is 4.79 Å². The van der Waals surface area contributed by atoms with Crippen LogP contribution in [-0.2, 0) is 10.0 Å². The lowest BCUT2D eigenvalue weighted by molar-refractivity contribution is 0.0940. The molecular formula is C17H19FN2O3S. The molecule has 128 valence electrons. The molecule has 0 saturated carbocycles. The van der Waals surface area contributed by atoms with E-state index in [-0.39, 0.29) is 22.7 Å². The number of hydrogen-bond donors (Lipinski definition) is 1. The van der Waals surface area contributed by atoms with Crippen molar-refractivity contribution in [1.29, 1.82) is 0 Å². The second kappa shape index (κ2) is 7.11. The number of nitrogens with one attached hydrogen (secondary N) is 1. The number of benzene rings is 2. The first-order chi connectivity index (χ1) is 11.2. The summed E-state index contributed by atoms with van der Waals surface area (Å²) in [5.41, 5.74) is 1.12. The van der Waals surface area contributed by atoms with Gasteiger partial charge in [0.25, 0.3) is 5.91 Å². The molecule has 0 bridgehead atoms. The lowest BCUT2D eigenvalue weighted by Gasteiger charge is -2.15. The van der Waals surface area contributed by atoms with Crippen LogP contribution in [0.25, 0.3) is 0 Å². The highest BCUT2D eigenvalue weighted by molar-refractivity contribution is 7.89. The van der Waals surface area contributed by atoms with Crippen LogP contribution in [0, 0.1) is 5.82 Å². The summed E-state index contributed by atoms with van der Waals surface area (Å²) in [5, 5.41) is 2.79. The quantitative estimate of drug-likeness (QED) is 0.901. The zero-order chi connectivity index (χ0) is 17.9. The predicted molar refractivity (Wildman–Crippen MR) is 89.6 cm³/mol. The van der Waals surface area contributed by atoms with Crippen molar-refractivity contribution in [3.8, 4) is 0 Å². The van der Waals surface area contributed by atoms with E-state index in [0.29, 0.717) is 5.56 Å². The molecule has 0 aliphatic heterocycles. The normalized spacial score (nSPS) is 12.9. The van der Waals surface area contributed by atoms with E-state index in [2.05, 4.69) is 5.32 Å². The van der Waals surface area contributed by atoms with Gasteiger partial charge in [-0.25, -0.2) is 17.1 Å². The molecule has 2 aromatic carbocycles. The van der Waals surface area contributed by atoms with Crippen LogP contribution in [0.1, 0.15) is 28.9 Å². The average Bonchev–Trinajstić information content (AvgIpc) is 2.55. The van der Waals surface area contributed by atoms with Crippen LogP contribution >= 0.6 is 0 Å². The molecule has 0 fully saturated rings. The number of nitrogens with zero attached hydrogens (tertiary/aromatic N) is 1. The summed E-state index contributed by atoms with van der Waals surface area (Å²) in [5.74, 6) is -0.671. The summed E-state index contributed by atoms with van der Waals surface area (Å²) in [6, 6.07) is 11.3. The van der Waals surface area contributed by atoms with Gasteiger partial charge in [-0.1, -0.05) is 12.1 Å². The molecule has 0 aliphatic rings. The molecule has 24 heavy (non-hydrogen) atoms. The Balaban J connectivity index is 2.11. The first kappa shape index (κ1) is 18.1. The lowest BCUT2D eigenvalue weighted by Crippen LogP contribution is -2.27. The Morgan fingerprint density at radius 3 is 2.08 bits per heavy atom. The maximum atomic E-state index is 12.9. The van der Waals surface area contributed by atoms with E-state index in [1.54, 1.807) is 19.1 Å². The van der Waals surface area contributed by atoms with Crippen molar-refractivity contribution < 1.29 is 17.6 Å². The minimum absolute atomic E-state index is 0.121. The van der Waals surface area contributed by atoms with Crippen LogP contribution in [-0.4, -0.2) is 32.7 Å². The van der Waals surface area contributed by atoms with Crippen LogP contribution in [0.3, 0.4) is 0 Å². The van der Waals surface area contributed by atoms with Gasteiger partial charge in [0.05, 0.1) is 10.9 Å². The Morgan fingerprint density at radius 1 is 1.04 bits per heavy atom. The average molecular weight is 350 g/mol. The molecule has 0 radical (unpaired) electrons. The number of sulfonamides is 1. The molecule has 0 spiro atoms. The molecule has 0 heterocycles. The van der Waals surface area contributed by atoms with Crippen molar-refractivity contribution in [3.63, 3.8) is 0 Å². The van der Waals surface area contributed by atoms with Crippen molar-refractivity contribution in [2.45, 2.75) is 17.9 Å². The summed E-state index contributed by atoms with van der Waals surface area (Å²) in [6.07, 6.45) is 0. The number of halogens is 1. The van der Waals surface area contributed by atoms with Crippen molar-refractivity contribution in [2.24, 2.45) is 0 Å². The molecule has 2 aromatic rings. The molecule has 1 atom stereocenters. The summed E-state index contributed by atoms with van der Waals surface area (Å²) in [6.45, 7) is 1.79. The molecule has 2 rings (SSSR count). The number of carbonyl (C=O) groups excluding carboxylic acids is 1.